The second kappa shape index (κ2) is 6.92. The highest BCUT2D eigenvalue weighted by Crippen LogP contribution is 2.36. The Hall–Kier alpha value is -3.27. The van der Waals surface area contributed by atoms with Gasteiger partial charge in [0.15, 0.2) is 0 Å². The van der Waals surface area contributed by atoms with E-state index in [2.05, 4.69) is 52.5 Å². The number of benzene rings is 2. The van der Waals surface area contributed by atoms with Gasteiger partial charge in [0.2, 0.25) is 0 Å². The van der Waals surface area contributed by atoms with Crippen LogP contribution in [0.5, 0.6) is 5.75 Å². The molecular formula is C22H21N3O. The van der Waals surface area contributed by atoms with E-state index in [0.29, 0.717) is 0 Å². The van der Waals surface area contributed by atoms with Gasteiger partial charge >= 0.3 is 0 Å². The number of hydrogen-bond acceptors (Lipinski definition) is 3. The van der Waals surface area contributed by atoms with Crippen LogP contribution >= 0.6 is 0 Å². The van der Waals surface area contributed by atoms with E-state index in [-0.39, 0.29) is 6.04 Å². The first-order chi connectivity index (χ1) is 12.8. The third kappa shape index (κ3) is 2.90. The number of methoxy groups -OCH3 is 1. The summed E-state index contributed by atoms with van der Waals surface area (Å²) in [5, 5.41) is 4.87. The molecule has 0 aliphatic rings. The van der Waals surface area contributed by atoms with Crippen molar-refractivity contribution in [3.8, 4) is 5.75 Å². The maximum atomic E-state index is 5.53. The first-order valence-corrected chi connectivity index (χ1v) is 8.64. The summed E-state index contributed by atoms with van der Waals surface area (Å²) < 4.78 is 5.53. The Bertz CT molecular complexity index is 1020. The van der Waals surface area contributed by atoms with Crippen LogP contribution in [0.25, 0.3) is 10.9 Å². The van der Waals surface area contributed by atoms with Crippen molar-refractivity contribution < 1.29 is 4.74 Å². The third-order valence-electron chi connectivity index (χ3n) is 4.66. The van der Waals surface area contributed by atoms with Gasteiger partial charge in [0.05, 0.1) is 18.8 Å². The Labute approximate surface area is 152 Å². The lowest BCUT2D eigenvalue weighted by molar-refractivity contribution is 0.416. The van der Waals surface area contributed by atoms with Crippen molar-refractivity contribution in [2.24, 2.45) is 0 Å². The van der Waals surface area contributed by atoms with Crippen LogP contribution in [0.1, 0.15) is 22.9 Å². The molecule has 130 valence electrons. The summed E-state index contributed by atoms with van der Waals surface area (Å²) in [6, 6.07) is 20.4. The standard InChI is InChI=1S/C22H21N3O/c1-15-21(17-9-3-4-10-18(17)24-15)22(16-8-7-13-23-14-16)25-19-11-5-6-12-20(19)26-2/h3-14,22,24-25H,1-2H3/t22-/m0/s1. The van der Waals surface area contributed by atoms with Gasteiger partial charge < -0.3 is 15.0 Å². The van der Waals surface area contributed by atoms with Crippen molar-refractivity contribution in [2.75, 3.05) is 12.4 Å². The van der Waals surface area contributed by atoms with Crippen LogP contribution in [0.3, 0.4) is 0 Å². The van der Waals surface area contributed by atoms with Gasteiger partial charge in [-0.1, -0.05) is 36.4 Å². The second-order valence-corrected chi connectivity index (χ2v) is 6.27. The van der Waals surface area contributed by atoms with Gasteiger partial charge in [-0.25, -0.2) is 0 Å². The molecule has 26 heavy (non-hydrogen) atoms. The molecular weight excluding hydrogens is 322 g/mol. The van der Waals surface area contributed by atoms with E-state index < -0.39 is 0 Å². The molecule has 0 unspecified atom stereocenters. The number of aryl methyl sites for hydroxylation is 1. The van der Waals surface area contributed by atoms with Crippen LogP contribution in [0.4, 0.5) is 5.69 Å². The van der Waals surface area contributed by atoms with E-state index in [1.165, 1.54) is 10.9 Å². The molecule has 4 nitrogen and oxygen atoms in total. The monoisotopic (exact) mass is 343 g/mol. The number of H-pyrrole nitrogens is 1. The Kier molecular flexibility index (Phi) is 4.32. The summed E-state index contributed by atoms with van der Waals surface area (Å²) in [5.74, 6) is 0.818. The lowest BCUT2D eigenvalue weighted by Gasteiger charge is -2.22. The zero-order valence-electron chi connectivity index (χ0n) is 14.9. The van der Waals surface area contributed by atoms with E-state index >= 15 is 0 Å². The van der Waals surface area contributed by atoms with Crippen LogP contribution < -0.4 is 10.1 Å². The van der Waals surface area contributed by atoms with Gasteiger partial charge in [0, 0.05) is 34.6 Å². The summed E-state index contributed by atoms with van der Waals surface area (Å²) in [4.78, 5) is 7.83. The summed E-state index contributed by atoms with van der Waals surface area (Å²) >= 11 is 0. The minimum atomic E-state index is -0.0452. The average molecular weight is 343 g/mol. The number of nitrogens with one attached hydrogen (secondary N) is 2. The molecule has 4 heteroatoms. The zero-order valence-corrected chi connectivity index (χ0v) is 14.9. The van der Waals surface area contributed by atoms with Crippen LogP contribution in [0.15, 0.2) is 73.1 Å². The molecule has 4 rings (SSSR count). The predicted octanol–water partition coefficient (Wildman–Crippen LogP) is 5.08. The minimum Gasteiger partial charge on any atom is -0.495 e. The second-order valence-electron chi connectivity index (χ2n) is 6.27. The van der Waals surface area contributed by atoms with E-state index in [1.54, 1.807) is 13.3 Å². The van der Waals surface area contributed by atoms with E-state index in [9.17, 15) is 0 Å². The van der Waals surface area contributed by atoms with Crippen LogP contribution in [-0.4, -0.2) is 17.1 Å². The van der Waals surface area contributed by atoms with Crippen LogP contribution in [-0.2, 0) is 0 Å². The van der Waals surface area contributed by atoms with Crippen molar-refractivity contribution in [1.82, 2.24) is 9.97 Å². The van der Waals surface area contributed by atoms with Gasteiger partial charge in [-0.2, -0.15) is 0 Å². The summed E-state index contributed by atoms with van der Waals surface area (Å²) in [7, 11) is 1.69. The number of aromatic nitrogens is 2. The minimum absolute atomic E-state index is 0.0452. The fourth-order valence-electron chi connectivity index (χ4n) is 3.46. The molecule has 0 amide bonds. The normalized spacial score (nSPS) is 12.1. The molecule has 0 aliphatic heterocycles. The fourth-order valence-corrected chi connectivity index (χ4v) is 3.46. The largest absolute Gasteiger partial charge is 0.495 e. The Morgan fingerprint density at radius 2 is 1.81 bits per heavy atom. The molecule has 2 aromatic heterocycles. The molecule has 4 aromatic rings. The molecule has 2 aromatic carbocycles. The number of ether oxygens (including phenoxy) is 1. The molecule has 0 bridgehead atoms. The number of hydrogen-bond donors (Lipinski definition) is 2. The lowest BCUT2D eigenvalue weighted by atomic mass is 9.96. The highest BCUT2D eigenvalue weighted by Gasteiger charge is 2.22. The zero-order chi connectivity index (χ0) is 17.9. The molecule has 0 spiro atoms. The quantitative estimate of drug-likeness (QED) is 0.531. The number of aromatic amines is 1. The Morgan fingerprint density at radius 3 is 2.62 bits per heavy atom. The lowest BCUT2D eigenvalue weighted by Crippen LogP contribution is -2.14. The predicted molar refractivity (Wildman–Crippen MR) is 106 cm³/mol. The Morgan fingerprint density at radius 1 is 1.00 bits per heavy atom. The molecule has 0 saturated heterocycles. The topological polar surface area (TPSA) is 49.9 Å². The summed E-state index contributed by atoms with van der Waals surface area (Å²) in [5.41, 5.74) is 5.55. The molecule has 0 radical (unpaired) electrons. The first-order valence-electron chi connectivity index (χ1n) is 8.64. The molecule has 1 atom stereocenters. The van der Waals surface area contributed by atoms with E-state index in [4.69, 9.17) is 4.74 Å². The van der Waals surface area contributed by atoms with Crippen molar-refractivity contribution >= 4 is 16.6 Å². The van der Waals surface area contributed by atoms with Gasteiger partial charge in [-0.05, 0) is 36.8 Å². The summed E-state index contributed by atoms with van der Waals surface area (Å²) in [6.07, 6.45) is 3.71. The highest BCUT2D eigenvalue weighted by molar-refractivity contribution is 5.86. The maximum Gasteiger partial charge on any atom is 0.141 e. The van der Waals surface area contributed by atoms with Crippen molar-refractivity contribution in [1.29, 1.82) is 0 Å². The fraction of sp³-hybridized carbons (Fsp3) is 0.136. The van der Waals surface area contributed by atoms with Crippen molar-refractivity contribution in [3.05, 3.63) is 89.9 Å². The van der Waals surface area contributed by atoms with Gasteiger partial charge in [0.1, 0.15) is 5.75 Å². The van der Waals surface area contributed by atoms with Crippen molar-refractivity contribution in [3.63, 3.8) is 0 Å². The van der Waals surface area contributed by atoms with E-state index in [1.807, 2.05) is 36.5 Å². The third-order valence-corrected chi connectivity index (χ3v) is 4.66. The van der Waals surface area contributed by atoms with Crippen LogP contribution in [0.2, 0.25) is 0 Å². The Balaban J connectivity index is 1.88. The number of fused-ring (bicyclic) bond motifs is 1. The van der Waals surface area contributed by atoms with Gasteiger partial charge in [-0.3, -0.25) is 4.98 Å². The number of rotatable bonds is 5. The van der Waals surface area contributed by atoms with Gasteiger partial charge in [-0.15, -0.1) is 0 Å². The SMILES string of the molecule is COc1ccccc1N[C@@H](c1cccnc1)c1c(C)[nH]c2ccccc12. The maximum absolute atomic E-state index is 5.53. The number of para-hydroxylation sites is 3. The molecule has 0 saturated carbocycles. The first kappa shape index (κ1) is 16.2. The van der Waals surface area contributed by atoms with E-state index in [0.717, 1.165) is 28.2 Å². The molecule has 0 fully saturated rings. The van der Waals surface area contributed by atoms with Crippen LogP contribution in [0, 0.1) is 6.92 Å². The summed E-state index contributed by atoms with van der Waals surface area (Å²) in [6.45, 7) is 2.11. The van der Waals surface area contributed by atoms with Crippen molar-refractivity contribution in [2.45, 2.75) is 13.0 Å². The number of anilines is 1. The highest BCUT2D eigenvalue weighted by atomic mass is 16.5. The molecule has 0 aliphatic carbocycles. The molecule has 2 heterocycles. The molecule has 2 N–H and O–H groups in total. The number of pyridine rings is 1. The smallest absolute Gasteiger partial charge is 0.141 e. The number of nitrogens with zero attached hydrogens (tertiary/aromatic N) is 1. The average Bonchev–Trinajstić information content (AvgIpc) is 3.02. The van der Waals surface area contributed by atoms with Gasteiger partial charge in [0.25, 0.3) is 0 Å².